The molecule has 0 aliphatic carbocycles. The number of benzene rings is 1. The maximum Gasteiger partial charge on any atom is 0.222 e. The number of aliphatic hydroxyl groups excluding tert-OH is 1. The maximum absolute atomic E-state index is 9.46. The fraction of sp³-hybridized carbons (Fsp3) is 0.357. The van der Waals surface area contributed by atoms with Gasteiger partial charge < -0.3 is 9.84 Å². The first-order valence-electron chi connectivity index (χ1n) is 6.04. The molecule has 0 saturated heterocycles. The van der Waals surface area contributed by atoms with Gasteiger partial charge in [-0.05, 0) is 25.0 Å². The molecule has 0 saturated carbocycles. The second kappa shape index (κ2) is 5.23. The van der Waals surface area contributed by atoms with Crippen molar-refractivity contribution in [1.29, 1.82) is 0 Å². The van der Waals surface area contributed by atoms with Gasteiger partial charge in [0.2, 0.25) is 5.88 Å². The number of ether oxygens (including phenoxy) is 1. The van der Waals surface area contributed by atoms with Crippen LogP contribution in [-0.4, -0.2) is 22.0 Å². The molecule has 1 aromatic heterocycles. The fourth-order valence-electron chi connectivity index (χ4n) is 2.09. The Labute approximate surface area is 107 Å². The van der Waals surface area contributed by atoms with Crippen LogP contribution < -0.4 is 4.74 Å². The van der Waals surface area contributed by atoms with Crippen molar-refractivity contribution >= 4 is 0 Å². The van der Waals surface area contributed by atoms with Crippen LogP contribution in [0.25, 0.3) is 5.69 Å². The maximum atomic E-state index is 9.46. The van der Waals surface area contributed by atoms with Gasteiger partial charge in [-0.2, -0.15) is 5.10 Å². The summed E-state index contributed by atoms with van der Waals surface area (Å²) >= 11 is 0. The predicted octanol–water partition coefficient (Wildman–Crippen LogP) is 2.24. The van der Waals surface area contributed by atoms with Crippen molar-refractivity contribution in [2.24, 2.45) is 0 Å². The Kier molecular flexibility index (Phi) is 3.67. The summed E-state index contributed by atoms with van der Waals surface area (Å²) in [7, 11) is 1.60. The van der Waals surface area contributed by atoms with Gasteiger partial charge in [-0.15, -0.1) is 0 Å². The number of hydrogen-bond acceptors (Lipinski definition) is 3. The molecule has 2 aromatic rings. The first-order chi connectivity index (χ1) is 8.72. The highest BCUT2D eigenvalue weighted by Crippen LogP contribution is 2.27. The van der Waals surface area contributed by atoms with Crippen LogP contribution in [0.2, 0.25) is 0 Å². The van der Waals surface area contributed by atoms with Gasteiger partial charge in [0.25, 0.3) is 0 Å². The van der Waals surface area contributed by atoms with E-state index < -0.39 is 0 Å². The van der Waals surface area contributed by atoms with E-state index in [1.807, 2.05) is 38.1 Å². The highest BCUT2D eigenvalue weighted by atomic mass is 16.5. The van der Waals surface area contributed by atoms with Crippen molar-refractivity contribution in [1.82, 2.24) is 9.78 Å². The SMILES string of the molecule is CCc1nn(-c2ccccc2C)c(OC)c1CO. The van der Waals surface area contributed by atoms with Gasteiger partial charge in [0.15, 0.2) is 0 Å². The van der Waals surface area contributed by atoms with Gasteiger partial charge in [-0.3, -0.25) is 0 Å². The Balaban J connectivity index is 2.64. The van der Waals surface area contributed by atoms with E-state index >= 15 is 0 Å². The Morgan fingerprint density at radius 2 is 2.06 bits per heavy atom. The van der Waals surface area contributed by atoms with Crippen molar-refractivity contribution < 1.29 is 9.84 Å². The lowest BCUT2D eigenvalue weighted by atomic mass is 10.2. The minimum Gasteiger partial charge on any atom is -0.481 e. The van der Waals surface area contributed by atoms with Crippen LogP contribution in [0.5, 0.6) is 5.88 Å². The molecule has 2 rings (SSSR count). The summed E-state index contributed by atoms with van der Waals surface area (Å²) in [5.41, 5.74) is 3.73. The average molecular weight is 246 g/mol. The van der Waals surface area contributed by atoms with Crippen LogP contribution in [0.1, 0.15) is 23.7 Å². The molecule has 0 fully saturated rings. The largest absolute Gasteiger partial charge is 0.481 e. The Morgan fingerprint density at radius 1 is 1.33 bits per heavy atom. The third-order valence-corrected chi connectivity index (χ3v) is 3.05. The van der Waals surface area contributed by atoms with Gasteiger partial charge in [-0.25, -0.2) is 4.68 Å². The summed E-state index contributed by atoms with van der Waals surface area (Å²) in [5.74, 6) is 0.614. The highest BCUT2D eigenvalue weighted by Gasteiger charge is 2.18. The lowest BCUT2D eigenvalue weighted by Gasteiger charge is -2.09. The minimum absolute atomic E-state index is 0.0573. The molecule has 18 heavy (non-hydrogen) atoms. The molecule has 0 spiro atoms. The van der Waals surface area contributed by atoms with Crippen molar-refractivity contribution in [3.8, 4) is 11.6 Å². The molecule has 0 radical (unpaired) electrons. The Bertz CT molecular complexity index is 547. The van der Waals surface area contributed by atoms with E-state index in [-0.39, 0.29) is 6.61 Å². The Morgan fingerprint density at radius 3 is 2.61 bits per heavy atom. The van der Waals surface area contributed by atoms with Crippen LogP contribution in [0.3, 0.4) is 0 Å². The number of hydrogen-bond donors (Lipinski definition) is 1. The second-order valence-corrected chi connectivity index (χ2v) is 4.14. The Hall–Kier alpha value is -1.81. The van der Waals surface area contributed by atoms with Crippen LogP contribution in [0.15, 0.2) is 24.3 Å². The van der Waals surface area contributed by atoms with Crippen molar-refractivity contribution in [3.63, 3.8) is 0 Å². The number of aromatic nitrogens is 2. The molecule has 0 amide bonds. The highest BCUT2D eigenvalue weighted by molar-refractivity contribution is 5.45. The first-order valence-corrected chi connectivity index (χ1v) is 6.04. The molecule has 1 N–H and O–H groups in total. The standard InChI is InChI=1S/C14H18N2O2/c1-4-12-11(9-17)14(18-3)16(15-12)13-8-6-5-7-10(13)2/h5-8,17H,4,9H2,1-3H3. The van der Waals surface area contributed by atoms with Gasteiger partial charge in [0.05, 0.1) is 30.7 Å². The molecule has 0 aliphatic rings. The molecule has 0 atom stereocenters. The fourth-order valence-corrected chi connectivity index (χ4v) is 2.09. The summed E-state index contributed by atoms with van der Waals surface area (Å²) in [6.45, 7) is 3.99. The molecular formula is C14H18N2O2. The summed E-state index contributed by atoms with van der Waals surface area (Å²) in [6, 6.07) is 7.97. The molecule has 1 heterocycles. The van der Waals surface area contributed by atoms with Crippen molar-refractivity contribution in [2.75, 3.05) is 7.11 Å². The quantitative estimate of drug-likeness (QED) is 0.900. The number of aliphatic hydroxyl groups is 1. The van der Waals surface area contributed by atoms with Crippen LogP contribution in [-0.2, 0) is 13.0 Å². The number of para-hydroxylation sites is 1. The monoisotopic (exact) mass is 246 g/mol. The van der Waals surface area contributed by atoms with Gasteiger partial charge in [0, 0.05) is 0 Å². The van der Waals surface area contributed by atoms with E-state index in [0.717, 1.165) is 28.9 Å². The van der Waals surface area contributed by atoms with Gasteiger partial charge in [0.1, 0.15) is 0 Å². The van der Waals surface area contributed by atoms with Crippen molar-refractivity contribution in [3.05, 3.63) is 41.1 Å². The molecule has 0 bridgehead atoms. The third kappa shape index (κ3) is 1.99. The summed E-state index contributed by atoms with van der Waals surface area (Å²) in [6.07, 6.45) is 0.769. The number of nitrogens with zero attached hydrogens (tertiary/aromatic N) is 2. The van der Waals surface area contributed by atoms with Gasteiger partial charge >= 0.3 is 0 Å². The zero-order valence-corrected chi connectivity index (χ0v) is 11.0. The van der Waals surface area contributed by atoms with Crippen LogP contribution in [0.4, 0.5) is 0 Å². The van der Waals surface area contributed by atoms with E-state index in [0.29, 0.717) is 5.88 Å². The lowest BCUT2D eigenvalue weighted by Crippen LogP contribution is -2.02. The normalized spacial score (nSPS) is 10.7. The van der Waals surface area contributed by atoms with E-state index in [1.54, 1.807) is 11.8 Å². The average Bonchev–Trinajstić information content (AvgIpc) is 2.76. The first kappa shape index (κ1) is 12.6. The zero-order chi connectivity index (χ0) is 13.1. The third-order valence-electron chi connectivity index (χ3n) is 3.05. The summed E-state index contributed by atoms with van der Waals surface area (Å²) in [4.78, 5) is 0. The van der Waals surface area contributed by atoms with E-state index in [2.05, 4.69) is 5.10 Å². The predicted molar refractivity (Wildman–Crippen MR) is 70.2 cm³/mol. The van der Waals surface area contributed by atoms with Crippen LogP contribution >= 0.6 is 0 Å². The molecule has 4 heteroatoms. The summed E-state index contributed by atoms with van der Waals surface area (Å²) < 4.78 is 7.16. The molecular weight excluding hydrogens is 228 g/mol. The number of methoxy groups -OCH3 is 1. The number of rotatable bonds is 4. The molecule has 0 unspecified atom stereocenters. The second-order valence-electron chi connectivity index (χ2n) is 4.14. The minimum atomic E-state index is -0.0573. The lowest BCUT2D eigenvalue weighted by molar-refractivity contribution is 0.271. The number of aryl methyl sites for hydroxylation is 2. The van der Waals surface area contributed by atoms with E-state index in [4.69, 9.17) is 4.74 Å². The van der Waals surface area contributed by atoms with Crippen molar-refractivity contribution in [2.45, 2.75) is 26.9 Å². The van der Waals surface area contributed by atoms with E-state index in [1.165, 1.54) is 0 Å². The molecule has 0 aliphatic heterocycles. The molecule has 96 valence electrons. The molecule has 4 nitrogen and oxygen atoms in total. The van der Waals surface area contributed by atoms with Gasteiger partial charge in [-0.1, -0.05) is 25.1 Å². The summed E-state index contributed by atoms with van der Waals surface area (Å²) in [5, 5.41) is 14.0. The van der Waals surface area contributed by atoms with E-state index in [9.17, 15) is 5.11 Å². The smallest absolute Gasteiger partial charge is 0.222 e. The topological polar surface area (TPSA) is 47.3 Å². The molecule has 1 aromatic carbocycles. The zero-order valence-electron chi connectivity index (χ0n) is 11.0. The van der Waals surface area contributed by atoms with Crippen LogP contribution in [0, 0.1) is 6.92 Å².